The van der Waals surface area contributed by atoms with Crippen LogP contribution in [0.25, 0.3) is 0 Å². The molecule has 0 unspecified atom stereocenters. The highest BCUT2D eigenvalue weighted by atomic mass is 32.2. The molecule has 0 aliphatic rings. The second-order valence-electron chi connectivity index (χ2n) is 4.93. The summed E-state index contributed by atoms with van der Waals surface area (Å²) in [6.07, 6.45) is 0. The monoisotopic (exact) mass is 386 g/mol. The van der Waals surface area contributed by atoms with E-state index >= 15 is 0 Å². The smallest absolute Gasteiger partial charge is 0.341 e. The Balaban J connectivity index is 2.28. The van der Waals surface area contributed by atoms with Gasteiger partial charge in [-0.15, -0.1) is 0 Å². The van der Waals surface area contributed by atoms with E-state index in [1.165, 1.54) is 19.2 Å². The van der Waals surface area contributed by atoms with E-state index in [1.807, 2.05) is 0 Å². The first-order valence-corrected chi connectivity index (χ1v) is 8.47. The van der Waals surface area contributed by atoms with Crippen LogP contribution in [0.3, 0.4) is 0 Å². The van der Waals surface area contributed by atoms with Gasteiger partial charge in [-0.1, -0.05) is 0 Å². The number of hydrogen-bond acceptors (Lipinski definition) is 6. The lowest BCUT2D eigenvalue weighted by molar-refractivity contribution is -0.384. The Hall–Kier alpha value is -3.08. The van der Waals surface area contributed by atoms with Crippen LogP contribution in [0.4, 0.5) is 20.2 Å². The van der Waals surface area contributed by atoms with Crippen LogP contribution in [0.2, 0.25) is 0 Å². The van der Waals surface area contributed by atoms with Gasteiger partial charge < -0.3 is 10.1 Å². The van der Waals surface area contributed by atoms with E-state index in [1.54, 1.807) is 0 Å². The molecular weight excluding hydrogens is 374 g/mol. The molecule has 1 amide bonds. The largest absolute Gasteiger partial charge is 0.495 e. The van der Waals surface area contributed by atoms with Crippen LogP contribution in [-0.2, 0) is 9.84 Å². The molecule has 11 heteroatoms. The number of benzene rings is 2. The predicted molar refractivity (Wildman–Crippen MR) is 87.2 cm³/mol. The predicted octanol–water partition coefficient (Wildman–Crippen LogP) is 2.85. The van der Waals surface area contributed by atoms with Crippen LogP contribution in [0, 0.1) is 10.1 Å². The summed E-state index contributed by atoms with van der Waals surface area (Å²) in [6, 6.07) is 7.43. The summed E-state index contributed by atoms with van der Waals surface area (Å²) in [5.41, 5.74) is -0.290. The summed E-state index contributed by atoms with van der Waals surface area (Å²) in [6.45, 7) is 0. The van der Waals surface area contributed by atoms with Gasteiger partial charge in [-0.25, -0.2) is 8.42 Å². The van der Waals surface area contributed by atoms with Crippen LogP contribution in [0.1, 0.15) is 10.4 Å². The SMILES string of the molecule is COc1ccc([N+](=O)[O-])cc1NC(=O)c1ccc(S(=O)(=O)C(F)F)cc1. The fraction of sp³-hybridized carbons (Fsp3) is 0.133. The molecule has 0 fully saturated rings. The summed E-state index contributed by atoms with van der Waals surface area (Å²) in [5, 5.41) is 13.2. The van der Waals surface area contributed by atoms with Crippen molar-refractivity contribution in [3.8, 4) is 5.75 Å². The van der Waals surface area contributed by atoms with Crippen molar-refractivity contribution in [3.05, 3.63) is 58.1 Å². The maximum Gasteiger partial charge on any atom is 0.341 e. The van der Waals surface area contributed by atoms with Crippen molar-refractivity contribution in [2.45, 2.75) is 10.7 Å². The molecule has 0 aromatic heterocycles. The number of rotatable bonds is 6. The van der Waals surface area contributed by atoms with Crippen molar-refractivity contribution in [1.82, 2.24) is 0 Å². The third-order valence-electron chi connectivity index (χ3n) is 3.32. The van der Waals surface area contributed by atoms with Gasteiger partial charge in [0.2, 0.25) is 9.84 Å². The third kappa shape index (κ3) is 3.94. The van der Waals surface area contributed by atoms with Gasteiger partial charge >= 0.3 is 5.76 Å². The zero-order valence-electron chi connectivity index (χ0n) is 13.2. The highest BCUT2D eigenvalue weighted by Gasteiger charge is 2.26. The summed E-state index contributed by atoms with van der Waals surface area (Å²) >= 11 is 0. The molecule has 138 valence electrons. The highest BCUT2D eigenvalue weighted by molar-refractivity contribution is 7.91. The molecule has 2 aromatic carbocycles. The number of carbonyl (C=O) groups is 1. The van der Waals surface area contributed by atoms with Crippen LogP contribution in [-0.4, -0.2) is 32.1 Å². The molecule has 1 N–H and O–H groups in total. The standard InChI is InChI=1S/C15H12F2N2O6S/c1-25-13-7-4-10(19(21)22)8-12(13)18-14(20)9-2-5-11(6-3-9)26(23,24)15(16)17/h2-8,15H,1H3,(H,18,20). The number of alkyl halides is 2. The maximum absolute atomic E-state index is 12.5. The second kappa shape index (κ2) is 7.44. The molecular formula is C15H12F2N2O6S. The van der Waals surface area contributed by atoms with Gasteiger partial charge in [-0.05, 0) is 30.3 Å². The number of methoxy groups -OCH3 is 1. The van der Waals surface area contributed by atoms with Crippen LogP contribution >= 0.6 is 0 Å². The molecule has 0 heterocycles. The minimum Gasteiger partial charge on any atom is -0.495 e. The first-order valence-electron chi connectivity index (χ1n) is 6.92. The Labute approximate surface area is 146 Å². The van der Waals surface area contributed by atoms with Crippen LogP contribution in [0.15, 0.2) is 47.4 Å². The number of nitro groups is 1. The lowest BCUT2D eigenvalue weighted by Crippen LogP contribution is -2.14. The molecule has 0 saturated heterocycles. The van der Waals surface area contributed by atoms with E-state index < -0.39 is 31.3 Å². The minimum atomic E-state index is -4.76. The summed E-state index contributed by atoms with van der Waals surface area (Å²) in [7, 11) is -3.46. The number of nitro benzene ring substituents is 1. The van der Waals surface area contributed by atoms with Crippen LogP contribution in [0.5, 0.6) is 5.75 Å². The molecule has 0 saturated carbocycles. The first-order chi connectivity index (χ1) is 12.2. The normalized spacial score (nSPS) is 11.2. The number of nitrogens with zero attached hydrogens (tertiary/aromatic N) is 1. The Bertz CT molecular complexity index is 945. The van der Waals surface area contributed by atoms with Gasteiger partial charge in [-0.2, -0.15) is 8.78 Å². The summed E-state index contributed by atoms with van der Waals surface area (Å²) in [5.74, 6) is -4.14. The summed E-state index contributed by atoms with van der Waals surface area (Å²) < 4.78 is 52.7. The zero-order valence-corrected chi connectivity index (χ0v) is 14.0. The number of hydrogen-bond donors (Lipinski definition) is 1. The molecule has 0 radical (unpaired) electrons. The van der Waals surface area contributed by atoms with Gasteiger partial charge in [0.1, 0.15) is 5.75 Å². The van der Waals surface area contributed by atoms with Crippen LogP contribution < -0.4 is 10.1 Å². The molecule has 2 rings (SSSR count). The van der Waals surface area contributed by atoms with E-state index in [0.717, 1.165) is 30.3 Å². The number of sulfone groups is 1. The minimum absolute atomic E-state index is 0.0241. The third-order valence-corrected chi connectivity index (χ3v) is 4.72. The molecule has 2 aromatic rings. The maximum atomic E-state index is 12.5. The quantitative estimate of drug-likeness (QED) is 0.603. The Kier molecular flexibility index (Phi) is 5.50. The molecule has 26 heavy (non-hydrogen) atoms. The molecule has 0 bridgehead atoms. The Morgan fingerprint density at radius 2 is 1.81 bits per heavy atom. The van der Waals surface area contributed by atoms with Crippen molar-refractivity contribution in [1.29, 1.82) is 0 Å². The Morgan fingerprint density at radius 1 is 1.19 bits per heavy atom. The van der Waals surface area contributed by atoms with E-state index in [-0.39, 0.29) is 22.7 Å². The lowest BCUT2D eigenvalue weighted by Gasteiger charge is -2.10. The van der Waals surface area contributed by atoms with E-state index in [2.05, 4.69) is 5.32 Å². The van der Waals surface area contributed by atoms with E-state index in [0.29, 0.717) is 0 Å². The molecule has 8 nitrogen and oxygen atoms in total. The lowest BCUT2D eigenvalue weighted by atomic mass is 10.2. The van der Waals surface area contributed by atoms with Crippen molar-refractivity contribution < 1.29 is 31.7 Å². The van der Waals surface area contributed by atoms with Crippen molar-refractivity contribution in [2.24, 2.45) is 0 Å². The van der Waals surface area contributed by atoms with E-state index in [4.69, 9.17) is 4.74 Å². The number of non-ortho nitro benzene ring substituents is 1. The zero-order chi connectivity index (χ0) is 19.5. The summed E-state index contributed by atoms with van der Waals surface area (Å²) in [4.78, 5) is 21.8. The number of carbonyl (C=O) groups excluding carboxylic acids is 1. The highest BCUT2D eigenvalue weighted by Crippen LogP contribution is 2.29. The fourth-order valence-electron chi connectivity index (χ4n) is 2.00. The molecule has 0 spiro atoms. The number of halogens is 2. The van der Waals surface area contributed by atoms with Gasteiger partial charge in [0.25, 0.3) is 11.6 Å². The van der Waals surface area contributed by atoms with Gasteiger partial charge in [0, 0.05) is 17.7 Å². The average molecular weight is 386 g/mol. The van der Waals surface area contributed by atoms with Gasteiger partial charge in [-0.3, -0.25) is 14.9 Å². The number of anilines is 1. The van der Waals surface area contributed by atoms with Crippen molar-refractivity contribution in [3.63, 3.8) is 0 Å². The van der Waals surface area contributed by atoms with Gasteiger partial charge in [0.05, 0.1) is 22.6 Å². The average Bonchev–Trinajstić information content (AvgIpc) is 2.61. The Morgan fingerprint density at radius 3 is 2.31 bits per heavy atom. The molecule has 0 aliphatic carbocycles. The van der Waals surface area contributed by atoms with Gasteiger partial charge in [0.15, 0.2) is 0 Å². The number of amides is 1. The number of ether oxygens (including phenoxy) is 1. The molecule has 0 atom stereocenters. The van der Waals surface area contributed by atoms with E-state index in [9.17, 15) is 32.1 Å². The topological polar surface area (TPSA) is 116 Å². The fourth-order valence-corrected chi connectivity index (χ4v) is 2.72. The van der Waals surface area contributed by atoms with Crippen molar-refractivity contribution >= 4 is 27.1 Å². The molecule has 0 aliphatic heterocycles. The number of nitrogens with one attached hydrogen (secondary N) is 1. The van der Waals surface area contributed by atoms with Crippen molar-refractivity contribution in [2.75, 3.05) is 12.4 Å². The first kappa shape index (κ1) is 19.2. The second-order valence-corrected chi connectivity index (χ2v) is 6.84.